The maximum Gasteiger partial charge on any atom is 0.169 e. The van der Waals surface area contributed by atoms with Gasteiger partial charge in [-0.1, -0.05) is 12.8 Å². The fraction of sp³-hybridized carbons (Fsp3) is 1.00. The summed E-state index contributed by atoms with van der Waals surface area (Å²) in [5, 5.41) is 21.2. The highest BCUT2D eigenvalue weighted by Gasteiger charge is 2.65. The largest absolute Gasteiger partial charge is 0.387 e. The molecule has 6 atom stereocenters. The van der Waals surface area contributed by atoms with Gasteiger partial charge in [0.15, 0.2) is 11.6 Å². The van der Waals surface area contributed by atoms with Gasteiger partial charge in [0.05, 0.1) is 0 Å². The van der Waals surface area contributed by atoms with Crippen LogP contribution in [0, 0.1) is 0 Å². The van der Waals surface area contributed by atoms with E-state index in [1.807, 2.05) is 0 Å². The van der Waals surface area contributed by atoms with Gasteiger partial charge in [0.25, 0.3) is 0 Å². The number of aliphatic hydroxyl groups is 2. The number of fused-ring (bicyclic) bond motifs is 3. The van der Waals surface area contributed by atoms with Crippen molar-refractivity contribution in [3.63, 3.8) is 0 Å². The Morgan fingerprint density at radius 3 is 1.21 bits per heavy atom. The zero-order valence-corrected chi connectivity index (χ0v) is 14.1. The van der Waals surface area contributed by atoms with Crippen molar-refractivity contribution in [1.82, 2.24) is 0 Å². The summed E-state index contributed by atoms with van der Waals surface area (Å²) in [4.78, 5) is 0. The lowest BCUT2D eigenvalue weighted by molar-refractivity contribution is -0.224. The minimum absolute atomic E-state index is 0.354. The molecule has 0 unspecified atom stereocenters. The summed E-state index contributed by atoms with van der Waals surface area (Å²) in [6, 6.07) is 0. The van der Waals surface area contributed by atoms with E-state index in [9.17, 15) is 10.2 Å². The van der Waals surface area contributed by atoms with Crippen LogP contribution in [0.1, 0.15) is 64.2 Å². The fourth-order valence-electron chi connectivity index (χ4n) is 5.39. The van der Waals surface area contributed by atoms with E-state index in [0.29, 0.717) is 0 Å². The minimum atomic E-state index is -0.986. The lowest BCUT2D eigenvalue weighted by Crippen LogP contribution is -2.61. The molecule has 0 radical (unpaired) electrons. The number of hydrogen-bond acceptors (Lipinski definition) is 6. The van der Waals surface area contributed by atoms with E-state index in [4.69, 9.17) is 18.9 Å². The molecule has 24 heavy (non-hydrogen) atoms. The molecule has 6 nitrogen and oxygen atoms in total. The lowest BCUT2D eigenvalue weighted by atomic mass is 9.85. The van der Waals surface area contributed by atoms with E-state index in [1.165, 1.54) is 12.8 Å². The van der Waals surface area contributed by atoms with Crippen LogP contribution in [0.2, 0.25) is 0 Å². The van der Waals surface area contributed by atoms with Crippen LogP contribution < -0.4 is 0 Å². The van der Waals surface area contributed by atoms with Gasteiger partial charge in [0.1, 0.15) is 36.6 Å². The van der Waals surface area contributed by atoms with Crippen LogP contribution in [0.5, 0.6) is 0 Å². The van der Waals surface area contributed by atoms with Crippen molar-refractivity contribution >= 4 is 0 Å². The first-order valence-corrected chi connectivity index (χ1v) is 9.69. The predicted octanol–water partition coefficient (Wildman–Crippen LogP) is 1.61. The molecule has 5 aliphatic rings. The molecular weight excluding hydrogens is 312 g/mol. The Kier molecular flexibility index (Phi) is 3.75. The van der Waals surface area contributed by atoms with Crippen molar-refractivity contribution in [1.29, 1.82) is 0 Å². The van der Waals surface area contributed by atoms with Gasteiger partial charge in [-0.15, -0.1) is 0 Å². The molecule has 3 saturated carbocycles. The van der Waals surface area contributed by atoms with Crippen LogP contribution in [0.3, 0.4) is 0 Å². The second-order valence-electron chi connectivity index (χ2n) is 8.25. The molecule has 2 N–H and O–H groups in total. The molecule has 3 aliphatic carbocycles. The van der Waals surface area contributed by atoms with E-state index in [0.717, 1.165) is 51.4 Å². The highest BCUT2D eigenvalue weighted by molar-refractivity contribution is 5.09. The Labute approximate surface area is 142 Å². The molecule has 0 amide bonds. The van der Waals surface area contributed by atoms with Crippen molar-refractivity contribution in [2.24, 2.45) is 0 Å². The smallest absolute Gasteiger partial charge is 0.169 e. The normalized spacial score (nSPS) is 49.2. The topological polar surface area (TPSA) is 77.4 Å². The first kappa shape index (κ1) is 16.0. The van der Waals surface area contributed by atoms with Gasteiger partial charge in [0, 0.05) is 25.7 Å². The summed E-state index contributed by atoms with van der Waals surface area (Å²) < 4.78 is 25.1. The second kappa shape index (κ2) is 5.63. The average molecular weight is 340 g/mol. The summed E-state index contributed by atoms with van der Waals surface area (Å²) in [6.07, 6.45) is 6.38. The number of rotatable bonds is 0. The highest BCUT2D eigenvalue weighted by Crippen LogP contribution is 2.51. The Morgan fingerprint density at radius 1 is 0.500 bits per heavy atom. The maximum atomic E-state index is 10.6. The summed E-state index contributed by atoms with van der Waals surface area (Å²) >= 11 is 0. The molecule has 0 aromatic carbocycles. The van der Waals surface area contributed by atoms with E-state index in [-0.39, 0.29) is 12.2 Å². The molecule has 136 valence electrons. The van der Waals surface area contributed by atoms with Crippen LogP contribution in [0.25, 0.3) is 0 Å². The van der Waals surface area contributed by atoms with Gasteiger partial charge >= 0.3 is 0 Å². The van der Waals surface area contributed by atoms with Gasteiger partial charge in [0.2, 0.25) is 0 Å². The third-order valence-electron chi connectivity index (χ3n) is 6.63. The third kappa shape index (κ3) is 2.31. The summed E-state index contributed by atoms with van der Waals surface area (Å²) in [5.41, 5.74) is 0. The van der Waals surface area contributed by atoms with E-state index in [2.05, 4.69) is 0 Å². The van der Waals surface area contributed by atoms with E-state index in [1.54, 1.807) is 0 Å². The van der Waals surface area contributed by atoms with Crippen molar-refractivity contribution in [3.05, 3.63) is 0 Å². The molecule has 5 rings (SSSR count). The minimum Gasteiger partial charge on any atom is -0.387 e. The molecule has 0 aromatic rings. The SMILES string of the molecule is O[C@H]1[C@H](O)[C@H]2OC3(CCCCC3)O[C@H]2[C@@H]2OC3(CCCCC3)O[C@H]12. The standard InChI is InChI=1S/C18H28O6/c19-11-12(20)14-16(24-18(22-14)9-5-2-6-10-18)15-13(11)21-17(23-15)7-3-1-4-8-17/h11-16,19-20H,1-10H2/t11-,12-,13+,14+,15+,16+/m0/s1. The maximum absolute atomic E-state index is 10.6. The molecular formula is C18H28O6. The van der Waals surface area contributed by atoms with E-state index >= 15 is 0 Å². The average Bonchev–Trinajstić information content (AvgIpc) is 3.14. The molecule has 2 aliphatic heterocycles. The third-order valence-corrected chi connectivity index (χ3v) is 6.63. The molecule has 2 saturated heterocycles. The Bertz CT molecular complexity index is 440. The predicted molar refractivity (Wildman–Crippen MR) is 83.1 cm³/mol. The van der Waals surface area contributed by atoms with Crippen molar-refractivity contribution < 1.29 is 29.2 Å². The van der Waals surface area contributed by atoms with Crippen molar-refractivity contribution in [2.45, 2.75) is 112 Å². The van der Waals surface area contributed by atoms with Crippen LogP contribution in [0.15, 0.2) is 0 Å². The fourth-order valence-corrected chi connectivity index (χ4v) is 5.39. The van der Waals surface area contributed by atoms with Gasteiger partial charge in [-0.25, -0.2) is 0 Å². The Hall–Kier alpha value is -0.240. The van der Waals surface area contributed by atoms with Crippen LogP contribution >= 0.6 is 0 Å². The first-order chi connectivity index (χ1) is 11.6. The molecule has 0 bridgehead atoms. The van der Waals surface area contributed by atoms with Crippen molar-refractivity contribution in [2.75, 3.05) is 0 Å². The van der Waals surface area contributed by atoms with Crippen LogP contribution in [-0.2, 0) is 18.9 Å². The molecule has 0 aromatic heterocycles. The highest BCUT2D eigenvalue weighted by atomic mass is 16.8. The van der Waals surface area contributed by atoms with Crippen LogP contribution in [-0.4, -0.2) is 58.4 Å². The van der Waals surface area contributed by atoms with E-state index < -0.39 is 36.0 Å². The Balaban J connectivity index is 1.42. The van der Waals surface area contributed by atoms with Gasteiger partial charge in [-0.3, -0.25) is 0 Å². The summed E-state index contributed by atoms with van der Waals surface area (Å²) in [7, 11) is 0. The molecule has 2 heterocycles. The van der Waals surface area contributed by atoms with Gasteiger partial charge in [-0.2, -0.15) is 0 Å². The summed E-state index contributed by atoms with van der Waals surface area (Å²) in [5.74, 6) is -1.20. The number of ether oxygens (including phenoxy) is 4. The zero-order chi connectivity index (χ0) is 16.4. The van der Waals surface area contributed by atoms with Crippen molar-refractivity contribution in [3.8, 4) is 0 Å². The number of aliphatic hydroxyl groups excluding tert-OH is 2. The molecule has 5 fully saturated rings. The number of hydrogen-bond donors (Lipinski definition) is 2. The lowest BCUT2D eigenvalue weighted by Gasteiger charge is -2.38. The second-order valence-corrected chi connectivity index (χ2v) is 8.25. The molecule has 6 heteroatoms. The molecule has 2 spiro atoms. The van der Waals surface area contributed by atoms with Gasteiger partial charge in [-0.05, 0) is 25.7 Å². The monoisotopic (exact) mass is 340 g/mol. The van der Waals surface area contributed by atoms with Crippen LogP contribution in [0.4, 0.5) is 0 Å². The summed E-state index contributed by atoms with van der Waals surface area (Å²) in [6.45, 7) is 0. The first-order valence-electron chi connectivity index (χ1n) is 9.69. The zero-order valence-electron chi connectivity index (χ0n) is 14.1. The quantitative estimate of drug-likeness (QED) is 0.698. The Morgan fingerprint density at radius 2 is 0.833 bits per heavy atom. The van der Waals surface area contributed by atoms with Gasteiger partial charge < -0.3 is 29.2 Å².